The number of hydrogen-bond donors (Lipinski definition) is 1. The highest BCUT2D eigenvalue weighted by atomic mass is 32.1. The Morgan fingerprint density at radius 1 is 1.55 bits per heavy atom. The lowest BCUT2D eigenvalue weighted by Gasteiger charge is -2.13. The van der Waals surface area contributed by atoms with Crippen LogP contribution in [0.5, 0.6) is 0 Å². The van der Waals surface area contributed by atoms with Gasteiger partial charge in [-0.3, -0.25) is 9.48 Å². The molecule has 1 unspecified atom stereocenters. The second-order valence-electron chi connectivity index (χ2n) is 4.93. The van der Waals surface area contributed by atoms with E-state index < -0.39 is 0 Å². The largest absolute Gasteiger partial charge is 0.360 e. The highest BCUT2D eigenvalue weighted by Crippen LogP contribution is 2.28. The molecule has 0 bridgehead atoms. The van der Waals surface area contributed by atoms with E-state index in [-0.39, 0.29) is 11.9 Å². The molecule has 0 spiro atoms. The van der Waals surface area contributed by atoms with Crippen molar-refractivity contribution >= 4 is 17.2 Å². The van der Waals surface area contributed by atoms with Gasteiger partial charge in [-0.15, -0.1) is 11.3 Å². The first-order chi connectivity index (χ1) is 10.6. The molecule has 0 radical (unpaired) electrons. The van der Waals surface area contributed by atoms with Crippen LogP contribution in [0.15, 0.2) is 34.7 Å². The highest BCUT2D eigenvalue weighted by molar-refractivity contribution is 7.13. The Balaban J connectivity index is 1.76. The van der Waals surface area contributed by atoms with E-state index in [1.807, 2.05) is 24.4 Å². The number of aryl methyl sites for hydroxylation is 1. The molecule has 8 heteroatoms. The Labute approximate surface area is 131 Å². The second kappa shape index (κ2) is 6.10. The van der Waals surface area contributed by atoms with Crippen LogP contribution < -0.4 is 5.32 Å². The summed E-state index contributed by atoms with van der Waals surface area (Å²) in [5.74, 6) is 0.309. The summed E-state index contributed by atoms with van der Waals surface area (Å²) < 4.78 is 6.87. The third-order valence-electron chi connectivity index (χ3n) is 3.15. The number of thiophene rings is 1. The third-order valence-corrected chi connectivity index (χ3v) is 4.03. The molecule has 1 amide bonds. The summed E-state index contributed by atoms with van der Waals surface area (Å²) in [6, 6.07) is 3.73. The minimum Gasteiger partial charge on any atom is -0.360 e. The molecule has 0 aliphatic carbocycles. The fourth-order valence-corrected chi connectivity index (χ4v) is 2.88. The molecule has 1 N–H and O–H groups in total. The maximum atomic E-state index is 12.5. The van der Waals surface area contributed by atoms with E-state index in [1.165, 1.54) is 17.7 Å². The zero-order chi connectivity index (χ0) is 15.5. The lowest BCUT2D eigenvalue weighted by molar-refractivity contribution is 0.0935. The van der Waals surface area contributed by atoms with E-state index in [4.69, 9.17) is 4.52 Å². The van der Waals surface area contributed by atoms with Gasteiger partial charge in [-0.05, 0) is 25.3 Å². The summed E-state index contributed by atoms with van der Waals surface area (Å²) in [5, 5.41) is 12.9. The summed E-state index contributed by atoms with van der Waals surface area (Å²) in [4.78, 5) is 17.3. The number of carbonyl (C=O) groups is 1. The smallest absolute Gasteiger partial charge is 0.257 e. The summed E-state index contributed by atoms with van der Waals surface area (Å²) in [5.41, 5.74) is 1.06. The van der Waals surface area contributed by atoms with E-state index in [0.29, 0.717) is 23.6 Å². The first-order valence-electron chi connectivity index (χ1n) is 6.78. The number of amides is 1. The molecule has 3 aromatic rings. The number of aromatic nitrogens is 4. The van der Waals surface area contributed by atoms with Crippen molar-refractivity contribution in [3.63, 3.8) is 0 Å². The van der Waals surface area contributed by atoms with Crippen molar-refractivity contribution in [3.05, 3.63) is 41.5 Å². The molecule has 7 nitrogen and oxygen atoms in total. The molecular formula is C14H15N5O2S. The SMILES string of the molecule is Cc1onc(-c2cccs2)c1C(=O)NC(C)Cn1cncn1. The molecule has 114 valence electrons. The average molecular weight is 317 g/mol. The second-order valence-corrected chi connectivity index (χ2v) is 5.88. The van der Waals surface area contributed by atoms with Crippen molar-refractivity contribution < 1.29 is 9.32 Å². The minimum absolute atomic E-state index is 0.0975. The van der Waals surface area contributed by atoms with Crippen molar-refractivity contribution in [1.82, 2.24) is 25.2 Å². The molecule has 0 saturated carbocycles. The van der Waals surface area contributed by atoms with Gasteiger partial charge in [-0.25, -0.2) is 4.98 Å². The Kier molecular flexibility index (Phi) is 4.01. The molecule has 3 aromatic heterocycles. The number of rotatable bonds is 5. The van der Waals surface area contributed by atoms with Crippen LogP contribution in [-0.4, -0.2) is 31.9 Å². The molecule has 0 aliphatic heterocycles. The first kappa shape index (κ1) is 14.5. The molecule has 22 heavy (non-hydrogen) atoms. The molecule has 0 saturated heterocycles. The highest BCUT2D eigenvalue weighted by Gasteiger charge is 2.23. The predicted octanol–water partition coefficient (Wildman–Crippen LogP) is 2.12. The van der Waals surface area contributed by atoms with Crippen LogP contribution in [0, 0.1) is 6.92 Å². The van der Waals surface area contributed by atoms with Gasteiger partial charge in [0, 0.05) is 6.04 Å². The quantitative estimate of drug-likeness (QED) is 0.779. The fraction of sp³-hybridized carbons (Fsp3) is 0.286. The fourth-order valence-electron chi connectivity index (χ4n) is 2.17. The van der Waals surface area contributed by atoms with Gasteiger partial charge in [0.15, 0.2) is 0 Å². The van der Waals surface area contributed by atoms with Crippen molar-refractivity contribution in [3.8, 4) is 10.6 Å². The Morgan fingerprint density at radius 2 is 2.41 bits per heavy atom. The van der Waals surface area contributed by atoms with Gasteiger partial charge in [-0.2, -0.15) is 5.10 Å². The molecular weight excluding hydrogens is 302 g/mol. The summed E-state index contributed by atoms with van der Waals surface area (Å²) in [6.07, 6.45) is 3.08. The van der Waals surface area contributed by atoms with Gasteiger partial charge in [0.25, 0.3) is 5.91 Å². The Hall–Kier alpha value is -2.48. The first-order valence-corrected chi connectivity index (χ1v) is 7.66. The number of hydrogen-bond acceptors (Lipinski definition) is 6. The summed E-state index contributed by atoms with van der Waals surface area (Å²) in [6.45, 7) is 4.19. The standard InChI is InChI=1S/C14H15N5O2S/c1-9(6-19-8-15-7-16-19)17-14(20)12-10(2)21-18-13(12)11-4-3-5-22-11/h3-5,7-9H,6H2,1-2H3,(H,17,20). The van der Waals surface area contributed by atoms with E-state index in [9.17, 15) is 4.79 Å². The monoisotopic (exact) mass is 317 g/mol. The maximum absolute atomic E-state index is 12.5. The van der Waals surface area contributed by atoms with E-state index in [0.717, 1.165) is 4.88 Å². The summed E-state index contributed by atoms with van der Waals surface area (Å²) in [7, 11) is 0. The lowest BCUT2D eigenvalue weighted by atomic mass is 10.1. The third kappa shape index (κ3) is 2.91. The van der Waals surface area contributed by atoms with E-state index in [2.05, 4.69) is 20.6 Å². The van der Waals surface area contributed by atoms with Crippen LogP contribution in [0.4, 0.5) is 0 Å². The van der Waals surface area contributed by atoms with Gasteiger partial charge in [-0.1, -0.05) is 11.2 Å². The van der Waals surface area contributed by atoms with Crippen LogP contribution in [0.1, 0.15) is 23.0 Å². The Morgan fingerprint density at radius 3 is 3.09 bits per heavy atom. The van der Waals surface area contributed by atoms with Crippen LogP contribution in [0.2, 0.25) is 0 Å². The summed E-state index contributed by atoms with van der Waals surface area (Å²) >= 11 is 1.52. The number of nitrogens with zero attached hydrogens (tertiary/aromatic N) is 4. The molecule has 0 aliphatic rings. The van der Waals surface area contributed by atoms with Crippen molar-refractivity contribution in [2.24, 2.45) is 0 Å². The van der Waals surface area contributed by atoms with Gasteiger partial charge < -0.3 is 9.84 Å². The number of nitrogens with one attached hydrogen (secondary N) is 1. The van der Waals surface area contributed by atoms with E-state index in [1.54, 1.807) is 17.9 Å². The normalized spacial score (nSPS) is 12.3. The minimum atomic E-state index is -0.199. The van der Waals surface area contributed by atoms with Gasteiger partial charge >= 0.3 is 0 Å². The van der Waals surface area contributed by atoms with Gasteiger partial charge in [0.05, 0.1) is 11.4 Å². The van der Waals surface area contributed by atoms with Crippen LogP contribution >= 0.6 is 11.3 Å². The van der Waals surface area contributed by atoms with Crippen LogP contribution in [0.25, 0.3) is 10.6 Å². The van der Waals surface area contributed by atoms with Crippen LogP contribution in [0.3, 0.4) is 0 Å². The van der Waals surface area contributed by atoms with Gasteiger partial charge in [0.1, 0.15) is 29.7 Å². The topological polar surface area (TPSA) is 85.8 Å². The van der Waals surface area contributed by atoms with Crippen LogP contribution in [-0.2, 0) is 6.54 Å². The maximum Gasteiger partial charge on any atom is 0.257 e. The lowest BCUT2D eigenvalue weighted by Crippen LogP contribution is -2.36. The van der Waals surface area contributed by atoms with Crippen molar-refractivity contribution in [2.75, 3.05) is 0 Å². The average Bonchev–Trinajstić information content (AvgIpc) is 3.18. The number of carbonyl (C=O) groups excluding carboxylic acids is 1. The molecule has 3 heterocycles. The van der Waals surface area contributed by atoms with Gasteiger partial charge in [0.2, 0.25) is 0 Å². The zero-order valence-electron chi connectivity index (χ0n) is 12.2. The predicted molar refractivity (Wildman–Crippen MR) is 81.5 cm³/mol. The van der Waals surface area contributed by atoms with Crippen molar-refractivity contribution in [1.29, 1.82) is 0 Å². The molecule has 3 rings (SSSR count). The zero-order valence-corrected chi connectivity index (χ0v) is 13.0. The molecule has 0 fully saturated rings. The van der Waals surface area contributed by atoms with Crippen molar-refractivity contribution in [2.45, 2.75) is 26.4 Å². The Bertz CT molecular complexity index is 748. The molecule has 0 aromatic carbocycles. The van der Waals surface area contributed by atoms with E-state index >= 15 is 0 Å². The molecule has 1 atom stereocenters.